The Hall–Kier alpha value is -4.45. The van der Waals surface area contributed by atoms with E-state index in [1.54, 1.807) is 60.7 Å². The molecule has 4 atom stereocenters. The van der Waals surface area contributed by atoms with Crippen molar-refractivity contribution in [3.8, 4) is 0 Å². The van der Waals surface area contributed by atoms with Crippen molar-refractivity contribution in [2.45, 2.75) is 56.5 Å². The van der Waals surface area contributed by atoms with Crippen molar-refractivity contribution in [3.63, 3.8) is 0 Å². The summed E-state index contributed by atoms with van der Waals surface area (Å²) >= 11 is 0. The third-order valence-electron chi connectivity index (χ3n) is 6.24. The summed E-state index contributed by atoms with van der Waals surface area (Å²) in [4.78, 5) is 62.6. The van der Waals surface area contributed by atoms with E-state index in [1.807, 2.05) is 0 Å². The summed E-state index contributed by atoms with van der Waals surface area (Å²) in [6.07, 6.45) is -2.63. The zero-order chi connectivity index (χ0) is 29.3. The van der Waals surface area contributed by atoms with Gasteiger partial charge in [-0.2, -0.15) is 0 Å². The lowest BCUT2D eigenvalue weighted by Gasteiger charge is -2.34. The number of rotatable bonds is 12. The molecule has 1 saturated heterocycles. The first-order valence-electron chi connectivity index (χ1n) is 12.9. The minimum atomic E-state index is -2.79. The third kappa shape index (κ3) is 7.77. The van der Waals surface area contributed by atoms with E-state index < -0.39 is 60.4 Å². The van der Waals surface area contributed by atoms with Gasteiger partial charge < -0.3 is 36.2 Å². The summed E-state index contributed by atoms with van der Waals surface area (Å²) < 4.78 is 13.3. The van der Waals surface area contributed by atoms with Crippen LogP contribution < -0.4 is 16.4 Å². The van der Waals surface area contributed by atoms with E-state index in [0.717, 1.165) is 4.90 Å². The predicted molar refractivity (Wildman–Crippen MR) is 138 cm³/mol. The highest BCUT2D eigenvalue weighted by Crippen LogP contribution is 2.29. The van der Waals surface area contributed by atoms with Crippen molar-refractivity contribution >= 4 is 29.8 Å². The van der Waals surface area contributed by atoms with Crippen molar-refractivity contribution in [2.24, 2.45) is 5.73 Å². The van der Waals surface area contributed by atoms with Crippen LogP contribution in [0.5, 0.6) is 0 Å². The number of carboxylic acid groups (broad SMARTS) is 1. The van der Waals surface area contributed by atoms with Crippen LogP contribution in [-0.4, -0.2) is 69.3 Å². The van der Waals surface area contributed by atoms with Gasteiger partial charge in [0.2, 0.25) is 17.7 Å². The van der Waals surface area contributed by atoms with E-state index in [9.17, 15) is 34.2 Å². The van der Waals surface area contributed by atoms with Gasteiger partial charge in [-0.25, -0.2) is 9.59 Å². The number of benzene rings is 2. The molecule has 1 heterocycles. The molecule has 2 aromatic carbocycles. The highest BCUT2D eigenvalue weighted by atomic mass is 16.5. The van der Waals surface area contributed by atoms with Crippen molar-refractivity contribution in [1.82, 2.24) is 15.5 Å². The number of aryl methyl sites for hydroxylation is 1. The number of aliphatic carboxylic acids is 1. The number of ether oxygens (including phenoxy) is 1. The summed E-state index contributed by atoms with van der Waals surface area (Å²) in [5.74, 6) is -4.39. The fraction of sp³-hybridized carbons (Fsp3) is 0.370. The van der Waals surface area contributed by atoms with Crippen LogP contribution in [0, 0.1) is 0 Å². The van der Waals surface area contributed by atoms with Gasteiger partial charge >= 0.3 is 12.1 Å². The number of alkyl carbamates (subject to hydrolysis) is 1. The van der Waals surface area contributed by atoms with Crippen LogP contribution in [0.3, 0.4) is 0 Å². The van der Waals surface area contributed by atoms with Gasteiger partial charge in [0.25, 0.3) is 5.72 Å². The summed E-state index contributed by atoms with van der Waals surface area (Å²) in [6.45, 7) is -0.299. The lowest BCUT2D eigenvalue weighted by Crippen LogP contribution is -2.64. The normalized spacial score (nSPS) is 20.3. The van der Waals surface area contributed by atoms with Gasteiger partial charge in [-0.15, -0.1) is 0 Å². The molecule has 1 aliphatic rings. The molecule has 1 aliphatic heterocycles. The van der Waals surface area contributed by atoms with Gasteiger partial charge in [0.15, 0.2) is 0 Å². The highest BCUT2D eigenvalue weighted by molar-refractivity contribution is 5.92. The zero-order valence-electron chi connectivity index (χ0n) is 22.1. The molecule has 3 rings (SSSR count). The number of hydrogen-bond donors (Lipinski definition) is 5. The molecule has 39 heavy (non-hydrogen) atoms. The molecule has 1 unspecified atom stereocenters. The van der Waals surface area contributed by atoms with E-state index in [0.29, 0.717) is 11.1 Å². The van der Waals surface area contributed by atoms with Crippen molar-refractivity contribution < 1.29 is 40.3 Å². The summed E-state index contributed by atoms with van der Waals surface area (Å²) in [7, 11) is 0. The van der Waals surface area contributed by atoms with E-state index in [-0.39, 0.29) is 32.4 Å². The number of nitrogens with one attached hydrogen (secondary N) is 2. The van der Waals surface area contributed by atoms with Gasteiger partial charge in [-0.1, -0.05) is 60.7 Å². The molecular formula is C27H32N4O8. The fourth-order valence-electron chi connectivity index (χ4n) is 4.25. The number of carbonyl (C=O) groups excluding carboxylic acids is 4. The van der Waals surface area contributed by atoms with Crippen molar-refractivity contribution in [2.75, 3.05) is 6.54 Å². The maximum atomic E-state index is 13.0. The van der Waals surface area contributed by atoms with Gasteiger partial charge in [-0.3, -0.25) is 14.4 Å². The van der Waals surface area contributed by atoms with Crippen LogP contribution >= 0.6 is 0 Å². The molecule has 0 aromatic heterocycles. The molecule has 2 aromatic rings. The molecular weight excluding hydrogens is 508 g/mol. The van der Waals surface area contributed by atoms with E-state index in [1.165, 1.54) is 0 Å². The van der Waals surface area contributed by atoms with Gasteiger partial charge in [-0.05, 0) is 30.4 Å². The fourth-order valence-corrected chi connectivity index (χ4v) is 4.25. The van der Waals surface area contributed by atoms with E-state index >= 15 is 0 Å². The highest BCUT2D eigenvalue weighted by Gasteiger charge is 2.56. The van der Waals surface area contributed by atoms with Crippen LogP contribution in [-0.2, 0) is 36.9 Å². The Labute approximate surface area is 226 Å². The average Bonchev–Trinajstić information content (AvgIpc) is 3.27. The molecule has 4 amide bonds. The molecule has 0 bridgehead atoms. The molecule has 0 radical (unpaired) electrons. The van der Waals surface area contributed by atoms with Crippen LogP contribution in [0.1, 0.15) is 38.2 Å². The number of primary amides is 1. The van der Waals surface area contributed by atoms with E-state index in [2.05, 4.69) is 10.6 Å². The number of nitrogens with two attached hydrogens (primary N) is 1. The third-order valence-corrected chi connectivity index (χ3v) is 6.24. The van der Waals surface area contributed by atoms with Crippen LogP contribution in [0.4, 0.5) is 4.79 Å². The lowest BCUT2D eigenvalue weighted by atomic mass is 10.0. The first-order valence-corrected chi connectivity index (χ1v) is 12.3. The van der Waals surface area contributed by atoms with Crippen LogP contribution in [0.15, 0.2) is 60.7 Å². The van der Waals surface area contributed by atoms with Crippen LogP contribution in [0.2, 0.25) is 0 Å². The van der Waals surface area contributed by atoms with E-state index in [4.69, 9.17) is 11.8 Å². The maximum absolute atomic E-state index is 13.0. The zero-order valence-corrected chi connectivity index (χ0v) is 21.1. The number of nitrogens with zero attached hydrogens (tertiary/aromatic N) is 1. The molecule has 12 nitrogen and oxygen atoms in total. The standard InChI is InChI=1S/C27H32N4O8/c28-22(32)16-20(29-26(37)39-17-19-10-5-2-6-11-19)24(34)30-21-14-15-31(27(21,38)25(35)36)23(33)13-7-12-18-8-3-1-4-9-18/h1-6,8-11,20-21,38H,7,12-17H2,(H2,28,32)(H,29,37)(H,30,34)(H,35,36)/t20-,21-,27-/m0/s1/i12D/t12?,20-,21-,27-. The number of aliphatic hydroxyl groups is 1. The second-order valence-electron chi connectivity index (χ2n) is 9.01. The van der Waals surface area contributed by atoms with Gasteiger partial charge in [0, 0.05) is 14.3 Å². The predicted octanol–water partition coefficient (Wildman–Crippen LogP) is 0.670. The summed E-state index contributed by atoms with van der Waals surface area (Å²) in [5.41, 5.74) is 3.79. The number of likely N-dealkylation sites (tertiary alicyclic amines) is 1. The summed E-state index contributed by atoms with van der Waals surface area (Å²) in [5, 5.41) is 25.5. The number of carbonyl (C=O) groups is 5. The number of hydrogen-bond acceptors (Lipinski definition) is 7. The molecule has 0 spiro atoms. The Kier molecular flexibility index (Phi) is 9.46. The smallest absolute Gasteiger partial charge is 0.408 e. The molecule has 208 valence electrons. The Morgan fingerprint density at radius 1 is 1.08 bits per heavy atom. The molecule has 1 fully saturated rings. The Balaban J connectivity index is 1.64. The van der Waals surface area contributed by atoms with Crippen molar-refractivity contribution in [3.05, 3.63) is 71.8 Å². The van der Waals surface area contributed by atoms with Crippen LogP contribution in [0.25, 0.3) is 0 Å². The maximum Gasteiger partial charge on any atom is 0.408 e. The summed E-state index contributed by atoms with van der Waals surface area (Å²) in [6, 6.07) is 14.5. The van der Waals surface area contributed by atoms with Gasteiger partial charge in [0.1, 0.15) is 12.6 Å². The quantitative estimate of drug-likeness (QED) is 0.259. The number of amides is 4. The Morgan fingerprint density at radius 2 is 1.69 bits per heavy atom. The lowest BCUT2D eigenvalue weighted by molar-refractivity contribution is -0.186. The molecule has 6 N–H and O–H groups in total. The average molecular weight is 542 g/mol. The molecule has 0 saturated carbocycles. The Bertz CT molecular complexity index is 1220. The van der Waals surface area contributed by atoms with Gasteiger partial charge in [0.05, 0.1) is 12.5 Å². The first kappa shape index (κ1) is 27.6. The SMILES string of the molecule is [2H]C(CCC(=O)N1CC[C@H](NC(=O)[C@H](CC(N)=O)NC(=O)OCc2ccccc2)[C@]1(O)C(=O)O)c1ccccc1. The Morgan fingerprint density at radius 3 is 2.28 bits per heavy atom. The molecule has 0 aliphatic carbocycles. The minimum Gasteiger partial charge on any atom is -0.478 e. The second-order valence-corrected chi connectivity index (χ2v) is 9.01. The second kappa shape index (κ2) is 13.4. The first-order chi connectivity index (χ1) is 19.0. The van der Waals surface area contributed by atoms with Crippen molar-refractivity contribution in [1.29, 1.82) is 0 Å². The monoisotopic (exact) mass is 541 g/mol. The largest absolute Gasteiger partial charge is 0.478 e. The topological polar surface area (TPSA) is 188 Å². The number of carboxylic acids is 1. The molecule has 12 heteroatoms. The minimum absolute atomic E-state index is 0.0851.